The van der Waals surface area contributed by atoms with Crippen LogP contribution in [0.4, 0.5) is 11.4 Å². The summed E-state index contributed by atoms with van der Waals surface area (Å²) in [5.41, 5.74) is 7.23. The summed E-state index contributed by atoms with van der Waals surface area (Å²) < 4.78 is 0. The third kappa shape index (κ3) is 2.67. The van der Waals surface area contributed by atoms with Gasteiger partial charge in [0.15, 0.2) is 0 Å². The number of halogens is 1. The molecular weight excluding hydrogens is 184 g/mol. The lowest BCUT2D eigenvalue weighted by atomic mass is 10.2. The first-order valence-electron chi connectivity index (χ1n) is 4.14. The fourth-order valence-corrected chi connectivity index (χ4v) is 1.15. The van der Waals surface area contributed by atoms with Gasteiger partial charge in [0.05, 0.1) is 16.4 Å². The Kier molecular flexibility index (Phi) is 3.65. The number of allylic oxidation sites excluding steroid dienone is 1. The lowest BCUT2D eigenvalue weighted by molar-refractivity contribution is 1.33. The van der Waals surface area contributed by atoms with Crippen LogP contribution in [0.3, 0.4) is 0 Å². The Balaban J connectivity index is 2.71. The van der Waals surface area contributed by atoms with Crippen molar-refractivity contribution in [1.82, 2.24) is 0 Å². The maximum atomic E-state index is 5.84. The zero-order chi connectivity index (χ0) is 9.68. The Hall–Kier alpha value is -1.15. The molecule has 0 fully saturated rings. The molecule has 0 bridgehead atoms. The van der Waals surface area contributed by atoms with Gasteiger partial charge < -0.3 is 11.1 Å². The van der Waals surface area contributed by atoms with Crippen LogP contribution in [-0.4, -0.2) is 6.54 Å². The van der Waals surface area contributed by atoms with Crippen molar-refractivity contribution in [3.63, 3.8) is 0 Å². The SMILES string of the molecule is C/C=C/CNc1cccc(Cl)c1N. The molecule has 0 aliphatic heterocycles. The average Bonchev–Trinajstić information content (AvgIpc) is 2.13. The first-order chi connectivity index (χ1) is 6.25. The van der Waals surface area contributed by atoms with E-state index in [1.54, 1.807) is 6.07 Å². The van der Waals surface area contributed by atoms with E-state index in [-0.39, 0.29) is 0 Å². The molecule has 0 saturated heterocycles. The van der Waals surface area contributed by atoms with E-state index in [0.29, 0.717) is 10.7 Å². The maximum Gasteiger partial charge on any atom is 0.0739 e. The quantitative estimate of drug-likeness (QED) is 0.576. The van der Waals surface area contributed by atoms with Crippen LogP contribution in [0.1, 0.15) is 6.92 Å². The number of para-hydroxylation sites is 1. The van der Waals surface area contributed by atoms with Crippen LogP contribution >= 0.6 is 11.6 Å². The minimum Gasteiger partial charge on any atom is -0.396 e. The lowest BCUT2D eigenvalue weighted by Crippen LogP contribution is -2.01. The predicted molar refractivity (Wildman–Crippen MR) is 59.2 cm³/mol. The highest BCUT2D eigenvalue weighted by Crippen LogP contribution is 2.26. The number of nitrogen functional groups attached to an aromatic ring is 1. The van der Waals surface area contributed by atoms with Gasteiger partial charge in [-0.25, -0.2) is 0 Å². The summed E-state index contributed by atoms with van der Waals surface area (Å²) in [6, 6.07) is 5.55. The first-order valence-corrected chi connectivity index (χ1v) is 4.52. The van der Waals surface area contributed by atoms with Gasteiger partial charge in [-0.1, -0.05) is 29.8 Å². The van der Waals surface area contributed by atoms with E-state index >= 15 is 0 Å². The summed E-state index contributed by atoms with van der Waals surface area (Å²) in [5.74, 6) is 0. The highest BCUT2D eigenvalue weighted by molar-refractivity contribution is 6.33. The van der Waals surface area contributed by atoms with Crippen LogP contribution in [0.25, 0.3) is 0 Å². The third-order valence-electron chi connectivity index (χ3n) is 1.70. The molecule has 0 aliphatic rings. The van der Waals surface area contributed by atoms with E-state index in [4.69, 9.17) is 17.3 Å². The number of anilines is 2. The van der Waals surface area contributed by atoms with Crippen LogP contribution < -0.4 is 11.1 Å². The van der Waals surface area contributed by atoms with Gasteiger partial charge in [-0.2, -0.15) is 0 Å². The summed E-state index contributed by atoms with van der Waals surface area (Å²) in [6.07, 6.45) is 3.99. The number of benzene rings is 1. The highest BCUT2D eigenvalue weighted by Gasteiger charge is 1.99. The van der Waals surface area contributed by atoms with Crippen molar-refractivity contribution in [2.75, 3.05) is 17.6 Å². The van der Waals surface area contributed by atoms with Crippen molar-refractivity contribution in [3.8, 4) is 0 Å². The van der Waals surface area contributed by atoms with Gasteiger partial charge >= 0.3 is 0 Å². The Labute approximate surface area is 83.4 Å². The van der Waals surface area contributed by atoms with Gasteiger partial charge in [0.25, 0.3) is 0 Å². The molecule has 1 aromatic rings. The Morgan fingerprint density at radius 1 is 1.54 bits per heavy atom. The first kappa shape index (κ1) is 9.93. The van der Waals surface area contributed by atoms with Crippen LogP contribution in [0.2, 0.25) is 5.02 Å². The maximum absolute atomic E-state index is 5.84. The molecule has 0 radical (unpaired) electrons. The summed E-state index contributed by atoms with van der Waals surface area (Å²) in [4.78, 5) is 0. The van der Waals surface area contributed by atoms with Crippen molar-refractivity contribution in [2.45, 2.75) is 6.92 Å². The molecule has 0 aromatic heterocycles. The highest BCUT2D eigenvalue weighted by atomic mass is 35.5. The number of nitrogens with one attached hydrogen (secondary N) is 1. The summed E-state index contributed by atoms with van der Waals surface area (Å²) in [7, 11) is 0. The van der Waals surface area contributed by atoms with Gasteiger partial charge in [-0.15, -0.1) is 0 Å². The molecule has 0 saturated carbocycles. The van der Waals surface area contributed by atoms with Crippen LogP contribution in [0.15, 0.2) is 30.4 Å². The largest absolute Gasteiger partial charge is 0.396 e. The molecule has 13 heavy (non-hydrogen) atoms. The summed E-state index contributed by atoms with van der Waals surface area (Å²) >= 11 is 5.84. The molecule has 0 unspecified atom stereocenters. The van der Waals surface area contributed by atoms with Gasteiger partial charge in [0.2, 0.25) is 0 Å². The average molecular weight is 197 g/mol. The Bertz CT molecular complexity index is 308. The molecule has 0 atom stereocenters. The molecule has 0 spiro atoms. The van der Waals surface area contributed by atoms with E-state index in [9.17, 15) is 0 Å². The monoisotopic (exact) mass is 196 g/mol. The molecule has 3 heteroatoms. The minimum atomic E-state index is 0.588. The molecule has 0 amide bonds. The van der Waals surface area contributed by atoms with Crippen molar-refractivity contribution < 1.29 is 0 Å². The van der Waals surface area contributed by atoms with Crippen LogP contribution in [0.5, 0.6) is 0 Å². The van der Waals surface area contributed by atoms with Crippen molar-refractivity contribution in [1.29, 1.82) is 0 Å². The van der Waals surface area contributed by atoms with Crippen molar-refractivity contribution >= 4 is 23.0 Å². The second-order valence-electron chi connectivity index (χ2n) is 2.65. The van der Waals surface area contributed by atoms with Crippen LogP contribution in [0, 0.1) is 0 Å². The fraction of sp³-hybridized carbons (Fsp3) is 0.200. The van der Waals surface area contributed by atoms with Gasteiger partial charge in [-0.05, 0) is 19.1 Å². The van der Waals surface area contributed by atoms with E-state index < -0.39 is 0 Å². The molecule has 1 rings (SSSR count). The second kappa shape index (κ2) is 4.77. The van der Waals surface area contributed by atoms with E-state index in [2.05, 4.69) is 5.32 Å². The standard InChI is InChI=1S/C10H13ClN2/c1-2-3-7-13-9-6-4-5-8(11)10(9)12/h2-6,13H,7,12H2,1H3/b3-2+. The Morgan fingerprint density at radius 2 is 2.31 bits per heavy atom. The summed E-state index contributed by atoms with van der Waals surface area (Å²) in [6.45, 7) is 2.74. The van der Waals surface area contributed by atoms with Crippen LogP contribution in [-0.2, 0) is 0 Å². The molecule has 0 aliphatic carbocycles. The zero-order valence-corrected chi connectivity index (χ0v) is 8.31. The normalized spacial score (nSPS) is 10.6. The molecule has 1 aromatic carbocycles. The van der Waals surface area contributed by atoms with Gasteiger partial charge in [0, 0.05) is 6.54 Å². The molecular formula is C10H13ClN2. The molecule has 70 valence electrons. The van der Waals surface area contributed by atoms with Crippen molar-refractivity contribution in [2.24, 2.45) is 0 Å². The number of rotatable bonds is 3. The predicted octanol–water partition coefficient (Wildman–Crippen LogP) is 2.91. The molecule has 0 heterocycles. The minimum absolute atomic E-state index is 0.588. The van der Waals surface area contributed by atoms with E-state index in [1.807, 2.05) is 31.2 Å². The number of nitrogens with two attached hydrogens (primary N) is 1. The summed E-state index contributed by atoms with van der Waals surface area (Å²) in [5, 5.41) is 3.75. The number of hydrogen-bond acceptors (Lipinski definition) is 2. The smallest absolute Gasteiger partial charge is 0.0739 e. The van der Waals surface area contributed by atoms with E-state index in [0.717, 1.165) is 12.2 Å². The molecule has 2 nitrogen and oxygen atoms in total. The topological polar surface area (TPSA) is 38.0 Å². The van der Waals surface area contributed by atoms with Gasteiger partial charge in [-0.3, -0.25) is 0 Å². The number of hydrogen-bond donors (Lipinski definition) is 2. The Morgan fingerprint density at radius 3 is 3.00 bits per heavy atom. The lowest BCUT2D eigenvalue weighted by Gasteiger charge is -2.07. The third-order valence-corrected chi connectivity index (χ3v) is 2.03. The molecule has 3 N–H and O–H groups in total. The van der Waals surface area contributed by atoms with Crippen molar-refractivity contribution in [3.05, 3.63) is 35.4 Å². The fourth-order valence-electron chi connectivity index (χ4n) is 0.978. The van der Waals surface area contributed by atoms with E-state index in [1.165, 1.54) is 0 Å². The van der Waals surface area contributed by atoms with Gasteiger partial charge in [0.1, 0.15) is 0 Å². The second-order valence-corrected chi connectivity index (χ2v) is 3.06. The zero-order valence-electron chi connectivity index (χ0n) is 7.55.